The van der Waals surface area contributed by atoms with Crippen LogP contribution >= 0.6 is 11.8 Å². The Morgan fingerprint density at radius 2 is 1.83 bits per heavy atom. The van der Waals surface area contributed by atoms with Crippen molar-refractivity contribution in [3.8, 4) is 5.75 Å². The fraction of sp³-hybridized carbons (Fsp3) is 0.316. The number of carbonyl (C=O) groups excluding carboxylic acids is 1. The second-order valence-electron chi connectivity index (χ2n) is 5.90. The maximum absolute atomic E-state index is 12.2. The van der Waals surface area contributed by atoms with Gasteiger partial charge in [0.15, 0.2) is 0 Å². The quantitative estimate of drug-likeness (QED) is 0.805. The molecule has 1 aliphatic heterocycles. The van der Waals surface area contributed by atoms with Gasteiger partial charge in [-0.15, -0.1) is 11.8 Å². The van der Waals surface area contributed by atoms with E-state index in [1.807, 2.05) is 49.3 Å². The van der Waals surface area contributed by atoms with Crippen molar-refractivity contribution in [2.24, 2.45) is 0 Å². The predicted octanol–water partition coefficient (Wildman–Crippen LogP) is 3.41. The molecule has 0 saturated carbocycles. The largest absolute Gasteiger partial charge is 0.492 e. The zero-order chi connectivity index (χ0) is 16.9. The van der Waals surface area contributed by atoms with Crippen LogP contribution in [-0.4, -0.2) is 43.8 Å². The van der Waals surface area contributed by atoms with E-state index < -0.39 is 0 Å². The zero-order valence-corrected chi connectivity index (χ0v) is 14.8. The summed E-state index contributed by atoms with van der Waals surface area (Å²) in [6, 6.07) is 18.1. The Hall–Kier alpha value is -2.14. The van der Waals surface area contributed by atoms with Crippen molar-refractivity contribution in [1.82, 2.24) is 4.90 Å². The standard InChI is InChI=1S/C19H22N2O2S/c1-20(2)16-10-8-15(9-11-16)19-21(18(22)14-24-19)12-13-23-17-6-4-3-5-7-17/h3-11,19H,12-14H2,1-2H3. The van der Waals surface area contributed by atoms with Gasteiger partial charge < -0.3 is 14.5 Å². The average molecular weight is 342 g/mol. The summed E-state index contributed by atoms with van der Waals surface area (Å²) in [5, 5.41) is 0.0769. The molecule has 2 aromatic carbocycles. The van der Waals surface area contributed by atoms with E-state index in [0.717, 1.165) is 17.0 Å². The van der Waals surface area contributed by atoms with E-state index >= 15 is 0 Å². The Morgan fingerprint density at radius 3 is 2.50 bits per heavy atom. The van der Waals surface area contributed by atoms with Crippen molar-refractivity contribution in [1.29, 1.82) is 0 Å². The van der Waals surface area contributed by atoms with Gasteiger partial charge in [-0.05, 0) is 29.8 Å². The first-order chi connectivity index (χ1) is 11.6. The highest BCUT2D eigenvalue weighted by atomic mass is 32.2. The van der Waals surface area contributed by atoms with Crippen LogP contribution in [0.15, 0.2) is 54.6 Å². The molecule has 0 aromatic heterocycles. The molecule has 1 unspecified atom stereocenters. The average Bonchev–Trinajstić information content (AvgIpc) is 2.97. The molecule has 1 saturated heterocycles. The molecule has 1 amide bonds. The number of anilines is 1. The first-order valence-electron chi connectivity index (χ1n) is 8.01. The van der Waals surface area contributed by atoms with Gasteiger partial charge in [-0.3, -0.25) is 4.79 Å². The summed E-state index contributed by atoms with van der Waals surface area (Å²) in [6.45, 7) is 1.10. The SMILES string of the molecule is CN(C)c1ccc(C2SCC(=O)N2CCOc2ccccc2)cc1. The highest BCUT2D eigenvalue weighted by Gasteiger charge is 2.32. The van der Waals surface area contributed by atoms with E-state index in [4.69, 9.17) is 4.74 Å². The van der Waals surface area contributed by atoms with E-state index in [9.17, 15) is 4.79 Å². The molecule has 1 aliphatic rings. The molecule has 1 fully saturated rings. The van der Waals surface area contributed by atoms with Crippen LogP contribution in [0, 0.1) is 0 Å². The number of nitrogens with zero attached hydrogens (tertiary/aromatic N) is 2. The van der Waals surface area contributed by atoms with Gasteiger partial charge in [-0.25, -0.2) is 0 Å². The number of carbonyl (C=O) groups is 1. The minimum atomic E-state index is 0.0769. The Balaban J connectivity index is 1.63. The minimum absolute atomic E-state index is 0.0769. The minimum Gasteiger partial charge on any atom is -0.492 e. The molecule has 126 valence electrons. The summed E-state index contributed by atoms with van der Waals surface area (Å²) in [4.78, 5) is 16.2. The van der Waals surface area contributed by atoms with Gasteiger partial charge in [0.2, 0.25) is 5.91 Å². The maximum Gasteiger partial charge on any atom is 0.233 e. The number of amides is 1. The number of hydrogen-bond acceptors (Lipinski definition) is 4. The number of ether oxygens (including phenoxy) is 1. The van der Waals surface area contributed by atoms with Crippen LogP contribution in [0.2, 0.25) is 0 Å². The third-order valence-corrected chi connectivity index (χ3v) is 5.26. The van der Waals surface area contributed by atoms with Crippen LogP contribution in [0.1, 0.15) is 10.9 Å². The Bertz CT molecular complexity index is 674. The summed E-state index contributed by atoms with van der Waals surface area (Å²) >= 11 is 1.68. The lowest BCUT2D eigenvalue weighted by Crippen LogP contribution is -2.32. The predicted molar refractivity (Wildman–Crippen MR) is 99.6 cm³/mol. The van der Waals surface area contributed by atoms with Gasteiger partial charge in [-0.1, -0.05) is 30.3 Å². The molecule has 24 heavy (non-hydrogen) atoms. The molecular weight excluding hydrogens is 320 g/mol. The van der Waals surface area contributed by atoms with Gasteiger partial charge in [0.25, 0.3) is 0 Å². The lowest BCUT2D eigenvalue weighted by molar-refractivity contribution is -0.128. The zero-order valence-electron chi connectivity index (χ0n) is 14.0. The number of thioether (sulfide) groups is 1. The molecule has 0 aliphatic carbocycles. The molecule has 4 nitrogen and oxygen atoms in total. The third-order valence-electron chi connectivity index (χ3n) is 4.01. The summed E-state index contributed by atoms with van der Waals surface area (Å²) < 4.78 is 5.74. The summed E-state index contributed by atoms with van der Waals surface area (Å²) in [7, 11) is 4.05. The van der Waals surface area contributed by atoms with Gasteiger partial charge >= 0.3 is 0 Å². The molecule has 0 N–H and O–H groups in total. The summed E-state index contributed by atoms with van der Waals surface area (Å²) in [5.41, 5.74) is 2.32. The number of hydrogen-bond donors (Lipinski definition) is 0. The van der Waals surface area contributed by atoms with Crippen molar-refractivity contribution in [2.45, 2.75) is 5.37 Å². The van der Waals surface area contributed by atoms with Crippen LogP contribution in [0.25, 0.3) is 0 Å². The molecule has 1 atom stereocenters. The second kappa shape index (κ2) is 7.62. The fourth-order valence-corrected chi connectivity index (χ4v) is 3.91. The van der Waals surface area contributed by atoms with E-state index in [-0.39, 0.29) is 11.3 Å². The van der Waals surface area contributed by atoms with Crippen molar-refractivity contribution < 1.29 is 9.53 Å². The monoisotopic (exact) mass is 342 g/mol. The maximum atomic E-state index is 12.2. The van der Waals surface area contributed by atoms with E-state index in [1.165, 1.54) is 0 Å². The van der Waals surface area contributed by atoms with Crippen molar-refractivity contribution in [3.63, 3.8) is 0 Å². The van der Waals surface area contributed by atoms with E-state index in [2.05, 4.69) is 29.2 Å². The van der Waals surface area contributed by atoms with Gasteiger partial charge in [0.05, 0.1) is 12.3 Å². The lowest BCUT2D eigenvalue weighted by Gasteiger charge is -2.24. The first-order valence-corrected chi connectivity index (χ1v) is 9.06. The van der Waals surface area contributed by atoms with E-state index in [0.29, 0.717) is 18.9 Å². The van der Waals surface area contributed by atoms with Crippen LogP contribution in [0.4, 0.5) is 5.69 Å². The highest BCUT2D eigenvalue weighted by Crippen LogP contribution is 2.38. The van der Waals surface area contributed by atoms with E-state index in [1.54, 1.807) is 11.8 Å². The Kier molecular flexibility index (Phi) is 5.30. The second-order valence-corrected chi connectivity index (χ2v) is 6.97. The molecule has 5 heteroatoms. The topological polar surface area (TPSA) is 32.8 Å². The van der Waals surface area contributed by atoms with Crippen LogP contribution in [-0.2, 0) is 4.79 Å². The summed E-state index contributed by atoms with van der Waals surface area (Å²) in [6.07, 6.45) is 0. The number of para-hydroxylation sites is 1. The van der Waals surface area contributed by atoms with Crippen molar-refractivity contribution >= 4 is 23.4 Å². The number of rotatable bonds is 6. The third kappa shape index (κ3) is 3.85. The molecule has 0 radical (unpaired) electrons. The highest BCUT2D eigenvalue weighted by molar-refractivity contribution is 8.00. The van der Waals surface area contributed by atoms with Gasteiger partial charge in [0.1, 0.15) is 17.7 Å². The molecule has 1 heterocycles. The molecule has 0 spiro atoms. The van der Waals surface area contributed by atoms with Crippen molar-refractivity contribution in [2.75, 3.05) is 37.9 Å². The smallest absolute Gasteiger partial charge is 0.233 e. The summed E-state index contributed by atoms with van der Waals surface area (Å²) in [5.74, 6) is 1.55. The van der Waals surface area contributed by atoms with Crippen LogP contribution in [0.5, 0.6) is 5.75 Å². The van der Waals surface area contributed by atoms with Gasteiger partial charge in [0, 0.05) is 19.8 Å². The normalized spacial score (nSPS) is 17.2. The lowest BCUT2D eigenvalue weighted by atomic mass is 10.2. The van der Waals surface area contributed by atoms with Crippen LogP contribution < -0.4 is 9.64 Å². The molecular formula is C19H22N2O2S. The molecule has 3 rings (SSSR count). The van der Waals surface area contributed by atoms with Crippen molar-refractivity contribution in [3.05, 3.63) is 60.2 Å². The Labute approximate surface area is 147 Å². The number of benzene rings is 2. The fourth-order valence-electron chi connectivity index (χ4n) is 2.69. The van der Waals surface area contributed by atoms with Crippen LogP contribution in [0.3, 0.4) is 0 Å². The molecule has 2 aromatic rings. The molecule has 0 bridgehead atoms. The Morgan fingerprint density at radius 1 is 1.12 bits per heavy atom. The first kappa shape index (κ1) is 16.7. The van der Waals surface area contributed by atoms with Gasteiger partial charge in [-0.2, -0.15) is 0 Å².